The molecule has 2 atom stereocenters. The maximum Gasteiger partial charge on any atom is 0.191 e. The number of aromatic nitrogens is 3. The van der Waals surface area contributed by atoms with Gasteiger partial charge < -0.3 is 15.1 Å². The summed E-state index contributed by atoms with van der Waals surface area (Å²) in [5, 5.41) is 11.8. The van der Waals surface area contributed by atoms with Crippen LogP contribution in [0.15, 0.2) is 27.8 Å². The van der Waals surface area contributed by atoms with Crippen molar-refractivity contribution < 1.29 is 4.42 Å². The van der Waals surface area contributed by atoms with Crippen molar-refractivity contribution in [2.24, 2.45) is 4.99 Å². The lowest BCUT2D eigenvalue weighted by Gasteiger charge is -2.26. The standard InChI is InChI=1S/C20H32N6O/c1-5-15(4)22-20(21-11-10-17-7-6-12-27-17)23-16-8-9-18-24-19(14(2)3)25-26(18)13-16/h6-7,12,14-16H,5,8-11,13H2,1-4H3,(H2,21,22,23). The van der Waals surface area contributed by atoms with Gasteiger partial charge in [-0.3, -0.25) is 4.99 Å². The number of aliphatic imine (C=N–C) groups is 1. The number of furan rings is 1. The van der Waals surface area contributed by atoms with Crippen LogP contribution >= 0.6 is 0 Å². The Morgan fingerprint density at radius 2 is 2.26 bits per heavy atom. The molecule has 1 aliphatic heterocycles. The van der Waals surface area contributed by atoms with Crippen LogP contribution in [0.5, 0.6) is 0 Å². The number of hydrogen-bond acceptors (Lipinski definition) is 4. The molecule has 148 valence electrons. The van der Waals surface area contributed by atoms with Gasteiger partial charge >= 0.3 is 0 Å². The van der Waals surface area contributed by atoms with E-state index in [1.54, 1.807) is 6.26 Å². The van der Waals surface area contributed by atoms with Gasteiger partial charge in [0.25, 0.3) is 0 Å². The van der Waals surface area contributed by atoms with Crippen molar-refractivity contribution in [3.63, 3.8) is 0 Å². The Hall–Kier alpha value is -2.31. The molecule has 2 N–H and O–H groups in total. The fourth-order valence-electron chi connectivity index (χ4n) is 3.09. The highest BCUT2D eigenvalue weighted by atomic mass is 16.3. The third kappa shape index (κ3) is 5.34. The van der Waals surface area contributed by atoms with Crippen LogP contribution in [0.4, 0.5) is 0 Å². The minimum atomic E-state index is 0.304. The van der Waals surface area contributed by atoms with Crippen LogP contribution < -0.4 is 10.6 Å². The summed E-state index contributed by atoms with van der Waals surface area (Å²) in [6.07, 6.45) is 5.54. The molecule has 0 fully saturated rings. The first-order chi connectivity index (χ1) is 13.0. The average molecular weight is 373 g/mol. The van der Waals surface area contributed by atoms with E-state index in [9.17, 15) is 0 Å². The molecule has 0 spiro atoms. The Kier molecular flexibility index (Phi) is 6.53. The molecule has 3 rings (SSSR count). The van der Waals surface area contributed by atoms with Gasteiger partial charge in [-0.25, -0.2) is 9.67 Å². The van der Waals surface area contributed by atoms with Crippen LogP contribution in [-0.4, -0.2) is 39.4 Å². The largest absolute Gasteiger partial charge is 0.469 e. The van der Waals surface area contributed by atoms with Gasteiger partial charge in [-0.2, -0.15) is 5.10 Å². The lowest BCUT2D eigenvalue weighted by molar-refractivity contribution is 0.390. The average Bonchev–Trinajstić information content (AvgIpc) is 3.30. The Morgan fingerprint density at radius 3 is 2.96 bits per heavy atom. The van der Waals surface area contributed by atoms with Crippen molar-refractivity contribution in [2.75, 3.05) is 6.54 Å². The zero-order valence-electron chi connectivity index (χ0n) is 16.9. The van der Waals surface area contributed by atoms with Gasteiger partial charge in [0, 0.05) is 37.4 Å². The van der Waals surface area contributed by atoms with Crippen LogP contribution in [0.3, 0.4) is 0 Å². The first-order valence-electron chi connectivity index (χ1n) is 10.1. The van der Waals surface area contributed by atoms with E-state index in [2.05, 4.69) is 53.1 Å². The predicted molar refractivity (Wildman–Crippen MR) is 107 cm³/mol. The Morgan fingerprint density at radius 1 is 1.41 bits per heavy atom. The summed E-state index contributed by atoms with van der Waals surface area (Å²) >= 11 is 0. The van der Waals surface area contributed by atoms with Gasteiger partial charge in [0.05, 0.1) is 12.8 Å². The molecule has 0 aliphatic carbocycles. The summed E-state index contributed by atoms with van der Waals surface area (Å²) in [4.78, 5) is 9.43. The van der Waals surface area contributed by atoms with Crippen molar-refractivity contribution in [1.82, 2.24) is 25.4 Å². The van der Waals surface area contributed by atoms with Crippen LogP contribution in [-0.2, 0) is 19.4 Å². The number of hydrogen-bond donors (Lipinski definition) is 2. The molecule has 7 heteroatoms. The number of rotatable bonds is 7. The maximum atomic E-state index is 5.40. The Labute approximate surface area is 161 Å². The molecule has 0 amide bonds. The van der Waals surface area contributed by atoms with Gasteiger partial charge in [-0.15, -0.1) is 0 Å². The van der Waals surface area contributed by atoms with Crippen LogP contribution in [0.2, 0.25) is 0 Å². The van der Waals surface area contributed by atoms with Gasteiger partial charge in [0.15, 0.2) is 11.8 Å². The van der Waals surface area contributed by atoms with E-state index in [-0.39, 0.29) is 0 Å². The van der Waals surface area contributed by atoms with Crippen LogP contribution in [0, 0.1) is 0 Å². The topological polar surface area (TPSA) is 80.3 Å². The van der Waals surface area contributed by atoms with Gasteiger partial charge in [-0.05, 0) is 31.9 Å². The minimum absolute atomic E-state index is 0.304. The molecule has 1 aliphatic rings. The summed E-state index contributed by atoms with van der Waals surface area (Å²) in [6.45, 7) is 10.1. The normalized spacial score (nSPS) is 18.4. The predicted octanol–water partition coefficient (Wildman–Crippen LogP) is 2.89. The fraction of sp³-hybridized carbons (Fsp3) is 0.650. The third-order valence-corrected chi connectivity index (χ3v) is 4.94. The molecule has 3 heterocycles. The second-order valence-corrected chi connectivity index (χ2v) is 7.62. The summed E-state index contributed by atoms with van der Waals surface area (Å²) in [6, 6.07) is 4.58. The van der Waals surface area contributed by atoms with Crippen molar-refractivity contribution in [2.45, 2.75) is 77.9 Å². The molecule has 0 aromatic carbocycles. The van der Waals surface area contributed by atoms with E-state index in [0.29, 0.717) is 24.5 Å². The fourth-order valence-corrected chi connectivity index (χ4v) is 3.09. The van der Waals surface area contributed by atoms with Crippen molar-refractivity contribution in [3.05, 3.63) is 35.8 Å². The van der Waals surface area contributed by atoms with E-state index in [1.807, 2.05) is 12.1 Å². The zero-order valence-corrected chi connectivity index (χ0v) is 16.9. The number of fused-ring (bicyclic) bond motifs is 1. The van der Waals surface area contributed by atoms with Gasteiger partial charge in [0.2, 0.25) is 0 Å². The number of nitrogens with one attached hydrogen (secondary N) is 2. The highest BCUT2D eigenvalue weighted by molar-refractivity contribution is 5.80. The molecule has 0 saturated heterocycles. The van der Waals surface area contributed by atoms with E-state index >= 15 is 0 Å². The Balaban J connectivity index is 1.62. The van der Waals surface area contributed by atoms with E-state index in [4.69, 9.17) is 9.41 Å². The number of guanidine groups is 1. The first kappa shape index (κ1) is 19.5. The molecule has 7 nitrogen and oxygen atoms in total. The summed E-state index contributed by atoms with van der Waals surface area (Å²) in [7, 11) is 0. The van der Waals surface area contributed by atoms with Crippen molar-refractivity contribution in [3.8, 4) is 0 Å². The molecule has 2 aromatic heterocycles. The Bertz CT molecular complexity index is 734. The monoisotopic (exact) mass is 372 g/mol. The molecule has 2 aromatic rings. The zero-order chi connectivity index (χ0) is 19.2. The van der Waals surface area contributed by atoms with Crippen molar-refractivity contribution >= 4 is 5.96 Å². The summed E-state index contributed by atoms with van der Waals surface area (Å²) in [5.74, 6) is 4.24. The number of aryl methyl sites for hydroxylation is 1. The molecule has 0 saturated carbocycles. The second kappa shape index (κ2) is 9.06. The van der Waals surface area contributed by atoms with E-state index in [1.165, 1.54) is 0 Å². The molecule has 27 heavy (non-hydrogen) atoms. The quantitative estimate of drug-likeness (QED) is 0.577. The smallest absolute Gasteiger partial charge is 0.191 e. The second-order valence-electron chi connectivity index (χ2n) is 7.62. The summed E-state index contributed by atoms with van der Waals surface area (Å²) in [5.41, 5.74) is 0. The SMILES string of the molecule is CCC(C)NC(=NCCc1ccco1)NC1CCc2nc(C(C)C)nn2C1. The molecule has 0 bridgehead atoms. The number of nitrogens with zero attached hydrogens (tertiary/aromatic N) is 4. The molecule has 2 unspecified atom stereocenters. The van der Waals surface area contributed by atoms with Crippen molar-refractivity contribution in [1.29, 1.82) is 0 Å². The van der Waals surface area contributed by atoms with E-state index < -0.39 is 0 Å². The van der Waals surface area contributed by atoms with Crippen LogP contribution in [0.25, 0.3) is 0 Å². The van der Waals surface area contributed by atoms with E-state index in [0.717, 1.165) is 55.6 Å². The minimum Gasteiger partial charge on any atom is -0.469 e. The van der Waals surface area contributed by atoms with Gasteiger partial charge in [0.1, 0.15) is 11.6 Å². The lowest BCUT2D eigenvalue weighted by atomic mass is 10.1. The maximum absolute atomic E-state index is 5.40. The molecule has 0 radical (unpaired) electrons. The lowest BCUT2D eigenvalue weighted by Crippen LogP contribution is -2.49. The highest BCUT2D eigenvalue weighted by Crippen LogP contribution is 2.17. The summed E-state index contributed by atoms with van der Waals surface area (Å²) < 4.78 is 7.46. The molecular weight excluding hydrogens is 340 g/mol. The highest BCUT2D eigenvalue weighted by Gasteiger charge is 2.23. The molecular formula is C20H32N6O. The van der Waals surface area contributed by atoms with Crippen LogP contribution in [0.1, 0.15) is 63.9 Å². The first-order valence-corrected chi connectivity index (χ1v) is 10.1. The third-order valence-electron chi connectivity index (χ3n) is 4.94. The van der Waals surface area contributed by atoms with Gasteiger partial charge in [-0.1, -0.05) is 20.8 Å².